The topological polar surface area (TPSA) is 76.1 Å². The molecule has 0 N–H and O–H groups in total. The first-order chi connectivity index (χ1) is 13.9. The lowest BCUT2D eigenvalue weighted by Gasteiger charge is -2.29. The first-order valence-electron chi connectivity index (χ1n) is 9.69. The molecule has 0 radical (unpaired) electrons. The number of benzene rings is 2. The van der Waals surface area contributed by atoms with Crippen molar-refractivity contribution in [2.24, 2.45) is 0 Å². The van der Waals surface area contributed by atoms with Crippen molar-refractivity contribution in [2.45, 2.75) is 23.8 Å². The molecule has 0 saturated carbocycles. The minimum Gasteiger partial charge on any atom is -0.486 e. The number of sulfonamides is 1. The summed E-state index contributed by atoms with van der Waals surface area (Å²) < 4.78 is 38.6. The lowest BCUT2D eigenvalue weighted by molar-refractivity contribution is 0.0521. The number of nitrogens with zero attached hydrogens (tertiary/aromatic N) is 2. The van der Waals surface area contributed by atoms with Crippen LogP contribution in [0.25, 0.3) is 0 Å². The highest BCUT2D eigenvalue weighted by molar-refractivity contribution is 7.89. The van der Waals surface area contributed by atoms with E-state index in [1.165, 1.54) is 15.3 Å². The van der Waals surface area contributed by atoms with Crippen molar-refractivity contribution in [3.63, 3.8) is 0 Å². The van der Waals surface area contributed by atoms with Crippen molar-refractivity contribution in [3.8, 4) is 11.5 Å². The molecule has 0 bridgehead atoms. The first kappa shape index (κ1) is 19.7. The molecule has 2 aliphatic heterocycles. The summed E-state index contributed by atoms with van der Waals surface area (Å²) in [5.41, 5.74) is 0.338. The Morgan fingerprint density at radius 3 is 2.59 bits per heavy atom. The van der Waals surface area contributed by atoms with Crippen LogP contribution in [0.5, 0.6) is 11.5 Å². The smallest absolute Gasteiger partial charge is 0.253 e. The van der Waals surface area contributed by atoms with Crippen molar-refractivity contribution in [3.05, 3.63) is 54.1 Å². The minimum absolute atomic E-state index is 0.157. The summed E-state index contributed by atoms with van der Waals surface area (Å²) in [5, 5.41) is 0. The summed E-state index contributed by atoms with van der Waals surface area (Å²) in [4.78, 5) is 14.6. The van der Waals surface area contributed by atoms with Gasteiger partial charge in [-0.15, -0.1) is 0 Å². The van der Waals surface area contributed by atoms with Crippen molar-refractivity contribution in [2.75, 3.05) is 33.3 Å². The van der Waals surface area contributed by atoms with E-state index in [0.717, 1.165) is 12.8 Å². The maximum atomic E-state index is 12.9. The molecular formula is C21H24N2O5S. The van der Waals surface area contributed by atoms with Gasteiger partial charge in [0.15, 0.2) is 17.6 Å². The number of likely N-dealkylation sites (N-methyl/N-ethyl adjacent to an activating group) is 1. The molecule has 1 amide bonds. The van der Waals surface area contributed by atoms with Gasteiger partial charge in [0.1, 0.15) is 6.61 Å². The van der Waals surface area contributed by atoms with E-state index in [-0.39, 0.29) is 16.9 Å². The number of hydrogen-bond donors (Lipinski definition) is 0. The number of rotatable bonds is 5. The normalized spacial score (nSPS) is 19.1. The van der Waals surface area contributed by atoms with Crippen LogP contribution in [0.15, 0.2) is 53.4 Å². The number of ether oxygens (including phenoxy) is 2. The maximum absolute atomic E-state index is 12.9. The number of para-hydroxylation sites is 2. The third kappa shape index (κ3) is 4.09. The quantitative estimate of drug-likeness (QED) is 0.748. The standard InChI is InChI=1S/C21H24N2O5S/c1-22(14-17-15-27-19-9-2-3-10-20(19)28-17)21(24)16-7-6-8-18(13-16)29(25,26)23-11-4-5-12-23/h2-3,6-10,13,17H,4-5,11-12,14-15H2,1H3/t17-/m0/s1. The highest BCUT2D eigenvalue weighted by Crippen LogP contribution is 2.31. The highest BCUT2D eigenvalue weighted by Gasteiger charge is 2.29. The third-order valence-electron chi connectivity index (χ3n) is 5.18. The third-order valence-corrected chi connectivity index (χ3v) is 7.07. The fourth-order valence-corrected chi connectivity index (χ4v) is 5.19. The molecule has 2 aromatic carbocycles. The average molecular weight is 416 g/mol. The Hall–Kier alpha value is -2.58. The Kier molecular flexibility index (Phi) is 5.47. The van der Waals surface area contributed by atoms with Crippen LogP contribution in [0, 0.1) is 0 Å². The van der Waals surface area contributed by atoms with Crippen molar-refractivity contribution in [1.82, 2.24) is 9.21 Å². The van der Waals surface area contributed by atoms with Gasteiger partial charge in [0.2, 0.25) is 10.0 Å². The first-order valence-corrected chi connectivity index (χ1v) is 11.1. The predicted octanol–water partition coefficient (Wildman–Crippen LogP) is 2.38. The molecule has 0 aliphatic carbocycles. The van der Waals surface area contributed by atoms with Crippen LogP contribution in [0.3, 0.4) is 0 Å². The van der Waals surface area contributed by atoms with Crippen molar-refractivity contribution < 1.29 is 22.7 Å². The van der Waals surface area contributed by atoms with E-state index in [9.17, 15) is 13.2 Å². The van der Waals surface area contributed by atoms with Gasteiger partial charge in [0.05, 0.1) is 11.4 Å². The van der Waals surface area contributed by atoms with Gasteiger partial charge >= 0.3 is 0 Å². The molecule has 154 valence electrons. The lowest BCUT2D eigenvalue weighted by Crippen LogP contribution is -2.41. The second-order valence-corrected chi connectivity index (χ2v) is 9.26. The van der Waals surface area contributed by atoms with Crippen LogP contribution in [0.4, 0.5) is 0 Å². The van der Waals surface area contributed by atoms with Gasteiger partial charge in [-0.3, -0.25) is 4.79 Å². The Balaban J connectivity index is 1.45. The SMILES string of the molecule is CN(C[C@H]1COc2ccccc2O1)C(=O)c1cccc(S(=O)(=O)N2CCCC2)c1. The molecule has 0 unspecified atom stereocenters. The average Bonchev–Trinajstić information content (AvgIpc) is 3.29. The zero-order valence-electron chi connectivity index (χ0n) is 16.3. The number of carbonyl (C=O) groups is 1. The number of amides is 1. The summed E-state index contributed by atoms with van der Waals surface area (Å²) in [6, 6.07) is 13.7. The molecule has 4 rings (SSSR count). The Bertz CT molecular complexity index is 1000. The molecule has 2 aliphatic rings. The van der Waals surface area contributed by atoms with E-state index in [0.29, 0.717) is 43.3 Å². The second kappa shape index (κ2) is 8.04. The molecule has 2 aromatic rings. The van der Waals surface area contributed by atoms with Crippen molar-refractivity contribution >= 4 is 15.9 Å². The summed E-state index contributed by atoms with van der Waals surface area (Å²) in [5.74, 6) is 1.09. The molecule has 0 aromatic heterocycles. The van der Waals surface area contributed by atoms with Gasteiger partial charge in [-0.25, -0.2) is 8.42 Å². The molecule has 1 saturated heterocycles. The van der Waals surface area contributed by atoms with Gasteiger partial charge in [-0.05, 0) is 43.2 Å². The molecule has 8 heteroatoms. The second-order valence-electron chi connectivity index (χ2n) is 7.32. The number of hydrogen-bond acceptors (Lipinski definition) is 5. The fraction of sp³-hybridized carbons (Fsp3) is 0.381. The summed E-state index contributed by atoms with van der Waals surface area (Å²) in [7, 11) is -1.89. The van der Waals surface area contributed by atoms with Crippen LogP contribution >= 0.6 is 0 Å². The van der Waals surface area contributed by atoms with Gasteiger partial charge in [-0.1, -0.05) is 18.2 Å². The molecule has 7 nitrogen and oxygen atoms in total. The van der Waals surface area contributed by atoms with E-state index in [4.69, 9.17) is 9.47 Å². The van der Waals surface area contributed by atoms with E-state index in [1.807, 2.05) is 24.3 Å². The Morgan fingerprint density at radius 2 is 1.83 bits per heavy atom. The van der Waals surface area contributed by atoms with E-state index in [2.05, 4.69) is 0 Å². The monoisotopic (exact) mass is 416 g/mol. The Morgan fingerprint density at radius 1 is 1.10 bits per heavy atom. The number of carbonyl (C=O) groups excluding carboxylic acids is 1. The van der Waals surface area contributed by atoms with E-state index < -0.39 is 10.0 Å². The van der Waals surface area contributed by atoms with Crippen molar-refractivity contribution in [1.29, 1.82) is 0 Å². The molecule has 1 fully saturated rings. The van der Waals surface area contributed by atoms with Crippen LogP contribution in [-0.2, 0) is 10.0 Å². The Labute approximate surface area is 170 Å². The lowest BCUT2D eigenvalue weighted by atomic mass is 10.2. The minimum atomic E-state index is -3.56. The van der Waals surface area contributed by atoms with Gasteiger partial charge in [-0.2, -0.15) is 4.31 Å². The van der Waals surface area contributed by atoms with Gasteiger partial charge in [0, 0.05) is 25.7 Å². The predicted molar refractivity (Wildman–Crippen MR) is 108 cm³/mol. The molecule has 2 heterocycles. The van der Waals surface area contributed by atoms with Gasteiger partial charge in [0.25, 0.3) is 5.91 Å². The van der Waals surface area contributed by atoms with E-state index in [1.54, 1.807) is 25.2 Å². The largest absolute Gasteiger partial charge is 0.486 e. The summed E-state index contributed by atoms with van der Waals surface area (Å²) in [6.07, 6.45) is 1.44. The molecule has 0 spiro atoms. The zero-order valence-corrected chi connectivity index (χ0v) is 17.1. The van der Waals surface area contributed by atoms with E-state index >= 15 is 0 Å². The van der Waals surface area contributed by atoms with Crippen LogP contribution in [-0.4, -0.2) is 62.9 Å². The fourth-order valence-electron chi connectivity index (χ4n) is 3.63. The van der Waals surface area contributed by atoms with Crippen LogP contribution < -0.4 is 9.47 Å². The summed E-state index contributed by atoms with van der Waals surface area (Å²) in [6.45, 7) is 1.73. The van der Waals surface area contributed by atoms with Crippen LogP contribution in [0.1, 0.15) is 23.2 Å². The molecule has 1 atom stereocenters. The highest BCUT2D eigenvalue weighted by atomic mass is 32.2. The number of fused-ring (bicyclic) bond motifs is 1. The van der Waals surface area contributed by atoms with Crippen LogP contribution in [0.2, 0.25) is 0 Å². The maximum Gasteiger partial charge on any atom is 0.253 e. The summed E-state index contributed by atoms with van der Waals surface area (Å²) >= 11 is 0. The molecule has 29 heavy (non-hydrogen) atoms. The van der Waals surface area contributed by atoms with Gasteiger partial charge < -0.3 is 14.4 Å². The zero-order chi connectivity index (χ0) is 20.4. The molecular weight excluding hydrogens is 392 g/mol.